The Balaban J connectivity index is 2.36. The van der Waals surface area contributed by atoms with Crippen LogP contribution >= 0.6 is 0 Å². The largest absolute Gasteiger partial charge is 0.393 e. The van der Waals surface area contributed by atoms with E-state index in [0.29, 0.717) is 6.42 Å². The minimum Gasteiger partial charge on any atom is -0.393 e. The van der Waals surface area contributed by atoms with Gasteiger partial charge in [0.2, 0.25) is 0 Å². The molecule has 0 radical (unpaired) electrons. The zero-order valence-corrected chi connectivity index (χ0v) is 6.62. The van der Waals surface area contributed by atoms with Crippen LogP contribution in [-0.4, -0.2) is 20.8 Å². The third-order valence-electron chi connectivity index (χ3n) is 2.24. The maximum absolute atomic E-state index is 9.31. The van der Waals surface area contributed by atoms with E-state index >= 15 is 0 Å². The molecule has 1 N–H and O–H groups in total. The molecule has 0 fully saturated rings. The van der Waals surface area contributed by atoms with Crippen molar-refractivity contribution in [2.24, 2.45) is 0 Å². The van der Waals surface area contributed by atoms with Crippen LogP contribution in [0, 0.1) is 6.92 Å². The summed E-state index contributed by atoms with van der Waals surface area (Å²) in [7, 11) is 0. The summed E-state index contributed by atoms with van der Waals surface area (Å²) in [5.41, 5.74) is 1.20. The summed E-state index contributed by atoms with van der Waals surface area (Å²) in [6.07, 6.45) is 3.27. The van der Waals surface area contributed by atoms with Crippen LogP contribution in [0.5, 0.6) is 0 Å². The van der Waals surface area contributed by atoms with Gasteiger partial charge in [0.15, 0.2) is 0 Å². The van der Waals surface area contributed by atoms with Crippen LogP contribution in [-0.2, 0) is 13.0 Å². The van der Waals surface area contributed by atoms with Crippen molar-refractivity contribution in [1.29, 1.82) is 0 Å². The van der Waals surface area contributed by atoms with Crippen LogP contribution in [0.1, 0.15) is 17.9 Å². The molecule has 0 aromatic carbocycles. The number of imidazole rings is 1. The lowest BCUT2D eigenvalue weighted by Crippen LogP contribution is -2.23. The van der Waals surface area contributed by atoms with Crippen molar-refractivity contribution >= 4 is 0 Å². The summed E-state index contributed by atoms with van der Waals surface area (Å²) in [5.74, 6) is 1.03. The van der Waals surface area contributed by atoms with Crippen LogP contribution in [0.3, 0.4) is 0 Å². The van der Waals surface area contributed by atoms with Crippen LogP contribution in [0.4, 0.5) is 0 Å². The van der Waals surface area contributed by atoms with Crippen molar-refractivity contribution in [1.82, 2.24) is 9.55 Å². The van der Waals surface area contributed by atoms with E-state index in [1.807, 2.05) is 13.1 Å². The van der Waals surface area contributed by atoms with Crippen molar-refractivity contribution in [2.75, 3.05) is 0 Å². The lowest BCUT2D eigenvalue weighted by molar-refractivity contribution is 0.141. The number of hydrogen-bond donors (Lipinski definition) is 1. The second-order valence-electron chi connectivity index (χ2n) is 3.11. The SMILES string of the molecule is Cc1cnc2n1CCC(O)C2. The Morgan fingerprint density at radius 2 is 2.55 bits per heavy atom. The van der Waals surface area contributed by atoms with E-state index in [1.54, 1.807) is 0 Å². The molecule has 1 unspecified atom stereocenters. The van der Waals surface area contributed by atoms with Gasteiger partial charge >= 0.3 is 0 Å². The lowest BCUT2D eigenvalue weighted by atomic mass is 10.1. The Morgan fingerprint density at radius 1 is 1.73 bits per heavy atom. The molecule has 1 aliphatic heterocycles. The van der Waals surface area contributed by atoms with Gasteiger partial charge in [0.1, 0.15) is 5.82 Å². The van der Waals surface area contributed by atoms with Crippen LogP contribution in [0.2, 0.25) is 0 Å². The molecular weight excluding hydrogens is 140 g/mol. The fourth-order valence-electron chi connectivity index (χ4n) is 1.57. The summed E-state index contributed by atoms with van der Waals surface area (Å²) in [5, 5.41) is 9.31. The molecule has 1 aromatic heterocycles. The third kappa shape index (κ3) is 1.05. The fourth-order valence-corrected chi connectivity index (χ4v) is 1.57. The van der Waals surface area contributed by atoms with Gasteiger partial charge in [-0.05, 0) is 13.3 Å². The monoisotopic (exact) mass is 152 g/mol. The normalized spacial score (nSPS) is 23.3. The quantitative estimate of drug-likeness (QED) is 0.587. The second kappa shape index (κ2) is 2.34. The highest BCUT2D eigenvalue weighted by molar-refractivity contribution is 5.06. The van der Waals surface area contributed by atoms with Crippen molar-refractivity contribution < 1.29 is 5.11 Å². The van der Waals surface area contributed by atoms with Crippen molar-refractivity contribution in [2.45, 2.75) is 32.4 Å². The number of aromatic nitrogens is 2. The van der Waals surface area contributed by atoms with E-state index in [9.17, 15) is 5.11 Å². The Kier molecular flexibility index (Phi) is 1.46. The topological polar surface area (TPSA) is 38.0 Å². The van der Waals surface area contributed by atoms with Crippen molar-refractivity contribution in [3.63, 3.8) is 0 Å². The van der Waals surface area contributed by atoms with E-state index in [4.69, 9.17) is 0 Å². The Labute approximate surface area is 65.7 Å². The molecule has 0 saturated carbocycles. The third-order valence-corrected chi connectivity index (χ3v) is 2.24. The Hall–Kier alpha value is -0.830. The molecule has 0 spiro atoms. The van der Waals surface area contributed by atoms with Gasteiger partial charge in [-0.25, -0.2) is 4.98 Å². The fraction of sp³-hybridized carbons (Fsp3) is 0.625. The highest BCUT2D eigenvalue weighted by Crippen LogP contribution is 2.15. The number of aliphatic hydroxyl groups excluding tert-OH is 1. The standard InChI is InChI=1S/C8H12N2O/c1-6-5-9-8-4-7(11)2-3-10(6)8/h5,7,11H,2-4H2,1H3. The summed E-state index contributed by atoms with van der Waals surface area (Å²) in [6, 6.07) is 0. The average molecular weight is 152 g/mol. The molecule has 60 valence electrons. The maximum atomic E-state index is 9.31. The molecule has 0 bridgehead atoms. The van der Waals surface area contributed by atoms with E-state index < -0.39 is 0 Å². The second-order valence-corrected chi connectivity index (χ2v) is 3.11. The van der Waals surface area contributed by atoms with Crippen LogP contribution < -0.4 is 0 Å². The number of nitrogens with zero attached hydrogens (tertiary/aromatic N) is 2. The Morgan fingerprint density at radius 3 is 3.36 bits per heavy atom. The van der Waals surface area contributed by atoms with Crippen molar-refractivity contribution in [3.05, 3.63) is 17.7 Å². The van der Waals surface area contributed by atoms with E-state index in [-0.39, 0.29) is 6.10 Å². The smallest absolute Gasteiger partial charge is 0.111 e. The molecule has 1 aliphatic rings. The molecular formula is C8H12N2O. The van der Waals surface area contributed by atoms with Gasteiger partial charge in [0, 0.05) is 24.9 Å². The van der Waals surface area contributed by atoms with Gasteiger partial charge in [-0.15, -0.1) is 0 Å². The predicted molar refractivity (Wildman–Crippen MR) is 41.3 cm³/mol. The zero-order chi connectivity index (χ0) is 7.84. The van der Waals surface area contributed by atoms with E-state index in [2.05, 4.69) is 9.55 Å². The highest BCUT2D eigenvalue weighted by atomic mass is 16.3. The lowest BCUT2D eigenvalue weighted by Gasteiger charge is -2.19. The molecule has 3 nitrogen and oxygen atoms in total. The average Bonchev–Trinajstić information content (AvgIpc) is 2.32. The van der Waals surface area contributed by atoms with Gasteiger partial charge in [-0.1, -0.05) is 0 Å². The van der Waals surface area contributed by atoms with Gasteiger partial charge in [-0.3, -0.25) is 0 Å². The van der Waals surface area contributed by atoms with Crippen LogP contribution in [0.15, 0.2) is 6.20 Å². The molecule has 1 aromatic rings. The van der Waals surface area contributed by atoms with Gasteiger partial charge in [0.05, 0.1) is 6.10 Å². The number of rotatable bonds is 0. The predicted octanol–water partition coefficient (Wildman–Crippen LogP) is 0.499. The molecule has 2 heterocycles. The zero-order valence-electron chi connectivity index (χ0n) is 6.62. The molecule has 3 heteroatoms. The van der Waals surface area contributed by atoms with Gasteiger partial charge < -0.3 is 9.67 Å². The van der Waals surface area contributed by atoms with Gasteiger partial charge in [-0.2, -0.15) is 0 Å². The summed E-state index contributed by atoms with van der Waals surface area (Å²) in [4.78, 5) is 4.21. The molecule has 1 atom stereocenters. The summed E-state index contributed by atoms with van der Waals surface area (Å²) >= 11 is 0. The summed E-state index contributed by atoms with van der Waals surface area (Å²) < 4.78 is 2.17. The van der Waals surface area contributed by atoms with Gasteiger partial charge in [0.25, 0.3) is 0 Å². The molecule has 2 rings (SSSR count). The number of aryl methyl sites for hydroxylation is 1. The number of hydrogen-bond acceptors (Lipinski definition) is 2. The first-order valence-electron chi connectivity index (χ1n) is 3.96. The molecule has 11 heavy (non-hydrogen) atoms. The first-order chi connectivity index (χ1) is 5.27. The first-order valence-corrected chi connectivity index (χ1v) is 3.96. The minimum absolute atomic E-state index is 0.177. The van der Waals surface area contributed by atoms with Crippen molar-refractivity contribution in [3.8, 4) is 0 Å². The first kappa shape index (κ1) is 6.85. The maximum Gasteiger partial charge on any atom is 0.111 e. The Bertz CT molecular complexity index is 267. The number of aliphatic hydroxyl groups is 1. The minimum atomic E-state index is -0.177. The highest BCUT2D eigenvalue weighted by Gasteiger charge is 2.17. The molecule has 0 saturated heterocycles. The van der Waals surface area contributed by atoms with E-state index in [0.717, 1.165) is 18.8 Å². The van der Waals surface area contributed by atoms with E-state index in [1.165, 1.54) is 5.69 Å². The number of fused-ring (bicyclic) bond motifs is 1. The molecule has 0 aliphatic carbocycles. The summed E-state index contributed by atoms with van der Waals surface area (Å²) in [6.45, 7) is 2.97. The van der Waals surface area contributed by atoms with Crippen LogP contribution in [0.25, 0.3) is 0 Å². The molecule has 0 amide bonds.